The maximum Gasteiger partial charge on any atom is 0.254 e. The topological polar surface area (TPSA) is 46.3 Å². The molecule has 0 aliphatic rings. The van der Waals surface area contributed by atoms with Gasteiger partial charge in [-0.2, -0.15) is 0 Å². The number of halogens is 1. The van der Waals surface area contributed by atoms with Gasteiger partial charge in [-0.15, -0.1) is 0 Å². The van der Waals surface area contributed by atoms with Gasteiger partial charge >= 0.3 is 0 Å². The second-order valence-electron chi connectivity index (χ2n) is 4.39. The molecule has 0 saturated heterocycles. The highest BCUT2D eigenvalue weighted by atomic mass is 35.5. The first-order chi connectivity index (χ1) is 9.01. The van der Waals surface area contributed by atoms with Crippen LogP contribution in [0.15, 0.2) is 18.2 Å². The Balaban J connectivity index is 3.03. The largest absolute Gasteiger partial charge is 0.337 e. The summed E-state index contributed by atoms with van der Waals surface area (Å²) in [6.45, 7) is 6.89. The lowest BCUT2D eigenvalue weighted by Crippen LogP contribution is -2.36. The third-order valence-electron chi connectivity index (χ3n) is 2.77. The second kappa shape index (κ2) is 7.18. The van der Waals surface area contributed by atoms with Crippen molar-refractivity contribution in [2.75, 3.05) is 13.1 Å². The van der Waals surface area contributed by atoms with Crippen molar-refractivity contribution >= 4 is 17.5 Å². The molecule has 4 heteroatoms. The summed E-state index contributed by atoms with van der Waals surface area (Å²) >= 11 is 6.12. The normalized spacial score (nSPS) is 10.0. The molecule has 0 bridgehead atoms. The van der Waals surface area contributed by atoms with Gasteiger partial charge in [-0.25, -0.2) is 0 Å². The number of rotatable bonds is 3. The van der Waals surface area contributed by atoms with Crippen molar-refractivity contribution in [1.29, 1.82) is 0 Å². The number of benzene rings is 1. The molecule has 2 N–H and O–H groups in total. The van der Waals surface area contributed by atoms with Gasteiger partial charge in [0.15, 0.2) is 0 Å². The number of hydrogen-bond acceptors (Lipinski definition) is 2. The Morgan fingerprint density at radius 3 is 2.63 bits per heavy atom. The minimum absolute atomic E-state index is 0.0160. The lowest BCUT2D eigenvalue weighted by molar-refractivity contribution is 0.0717. The van der Waals surface area contributed by atoms with Crippen molar-refractivity contribution in [2.24, 2.45) is 5.73 Å². The standard InChI is InChI=1S/C15H19ClN2O/c1-4-18(11(2)3)15(19)13-8-7-12(6-5-9-17)14(16)10-13/h7-8,10-11H,4,9,17H2,1-3H3. The number of nitrogens with zero attached hydrogens (tertiary/aromatic N) is 1. The van der Waals surface area contributed by atoms with E-state index in [9.17, 15) is 4.79 Å². The lowest BCUT2D eigenvalue weighted by atomic mass is 10.1. The van der Waals surface area contributed by atoms with Crippen LogP contribution in [0.1, 0.15) is 36.7 Å². The van der Waals surface area contributed by atoms with E-state index in [-0.39, 0.29) is 18.5 Å². The molecule has 3 nitrogen and oxygen atoms in total. The number of carbonyl (C=O) groups is 1. The maximum atomic E-state index is 12.3. The average Bonchev–Trinajstić information content (AvgIpc) is 2.37. The van der Waals surface area contributed by atoms with Crippen molar-refractivity contribution < 1.29 is 4.79 Å². The Labute approximate surface area is 119 Å². The third-order valence-corrected chi connectivity index (χ3v) is 3.08. The molecule has 0 atom stereocenters. The molecule has 0 aliphatic heterocycles. The van der Waals surface area contributed by atoms with Crippen LogP contribution in [0.25, 0.3) is 0 Å². The van der Waals surface area contributed by atoms with E-state index in [1.165, 1.54) is 0 Å². The summed E-state index contributed by atoms with van der Waals surface area (Å²) in [6.07, 6.45) is 0. The van der Waals surface area contributed by atoms with E-state index >= 15 is 0 Å². The molecule has 0 unspecified atom stereocenters. The molecule has 0 spiro atoms. The molecule has 0 fully saturated rings. The van der Waals surface area contributed by atoms with Crippen LogP contribution in [-0.2, 0) is 0 Å². The Morgan fingerprint density at radius 1 is 1.47 bits per heavy atom. The molecule has 19 heavy (non-hydrogen) atoms. The smallest absolute Gasteiger partial charge is 0.254 e. The third kappa shape index (κ3) is 3.99. The fourth-order valence-corrected chi connectivity index (χ4v) is 2.03. The molecule has 0 saturated carbocycles. The molecule has 1 aromatic carbocycles. The second-order valence-corrected chi connectivity index (χ2v) is 4.79. The zero-order valence-electron chi connectivity index (χ0n) is 11.5. The highest BCUT2D eigenvalue weighted by Crippen LogP contribution is 2.19. The summed E-state index contributed by atoms with van der Waals surface area (Å²) in [5, 5.41) is 0.478. The molecule has 0 aliphatic carbocycles. The molecule has 0 heterocycles. The molecule has 102 valence electrons. The van der Waals surface area contributed by atoms with Crippen LogP contribution in [0.5, 0.6) is 0 Å². The predicted molar refractivity (Wildman–Crippen MR) is 79.2 cm³/mol. The molecule has 1 rings (SSSR count). The quantitative estimate of drug-likeness (QED) is 0.864. The van der Waals surface area contributed by atoms with Gasteiger partial charge in [0, 0.05) is 23.7 Å². The van der Waals surface area contributed by atoms with Crippen LogP contribution in [0.4, 0.5) is 0 Å². The van der Waals surface area contributed by atoms with E-state index in [0.29, 0.717) is 22.7 Å². The first kappa shape index (κ1) is 15.6. The van der Waals surface area contributed by atoms with Gasteiger partial charge in [0.2, 0.25) is 0 Å². The first-order valence-electron chi connectivity index (χ1n) is 6.30. The summed E-state index contributed by atoms with van der Waals surface area (Å²) in [5.41, 5.74) is 6.59. The fraction of sp³-hybridized carbons (Fsp3) is 0.400. The lowest BCUT2D eigenvalue weighted by Gasteiger charge is -2.25. The van der Waals surface area contributed by atoms with Crippen molar-refractivity contribution in [3.8, 4) is 11.8 Å². The molecular weight excluding hydrogens is 260 g/mol. The summed E-state index contributed by atoms with van der Waals surface area (Å²) in [6, 6.07) is 5.33. The van der Waals surface area contributed by atoms with E-state index in [2.05, 4.69) is 11.8 Å². The molecule has 0 radical (unpaired) electrons. The predicted octanol–water partition coefficient (Wildman–Crippen LogP) is 2.52. The Bertz CT molecular complexity index is 515. The van der Waals surface area contributed by atoms with Crippen LogP contribution in [0.3, 0.4) is 0 Å². The molecule has 0 aromatic heterocycles. The van der Waals surface area contributed by atoms with Gasteiger partial charge in [-0.05, 0) is 39.0 Å². The number of amides is 1. The van der Waals surface area contributed by atoms with Crippen molar-refractivity contribution in [1.82, 2.24) is 4.90 Å². The van der Waals surface area contributed by atoms with Gasteiger partial charge in [-0.1, -0.05) is 23.4 Å². The van der Waals surface area contributed by atoms with Gasteiger partial charge in [0.1, 0.15) is 0 Å². The highest BCUT2D eigenvalue weighted by molar-refractivity contribution is 6.32. The summed E-state index contributed by atoms with van der Waals surface area (Å²) in [4.78, 5) is 14.1. The van der Waals surface area contributed by atoms with E-state index in [1.807, 2.05) is 20.8 Å². The highest BCUT2D eigenvalue weighted by Gasteiger charge is 2.17. The number of hydrogen-bond donors (Lipinski definition) is 1. The van der Waals surface area contributed by atoms with E-state index in [0.717, 1.165) is 0 Å². The Kier molecular flexibility index (Phi) is 5.88. The molecule has 1 amide bonds. The monoisotopic (exact) mass is 278 g/mol. The summed E-state index contributed by atoms with van der Waals surface area (Å²) in [7, 11) is 0. The van der Waals surface area contributed by atoms with Crippen LogP contribution in [-0.4, -0.2) is 29.9 Å². The SMILES string of the molecule is CCN(C(=O)c1ccc(C#CCN)c(Cl)c1)C(C)C. The van der Waals surface area contributed by atoms with Gasteiger partial charge in [0.25, 0.3) is 5.91 Å². The zero-order valence-corrected chi connectivity index (χ0v) is 12.3. The van der Waals surface area contributed by atoms with Gasteiger partial charge in [-0.3, -0.25) is 4.79 Å². The minimum Gasteiger partial charge on any atom is -0.337 e. The minimum atomic E-state index is -0.0160. The van der Waals surface area contributed by atoms with Crippen LogP contribution in [0.2, 0.25) is 5.02 Å². The average molecular weight is 279 g/mol. The van der Waals surface area contributed by atoms with E-state index in [1.54, 1.807) is 23.1 Å². The number of carbonyl (C=O) groups excluding carboxylic acids is 1. The van der Waals surface area contributed by atoms with Crippen molar-refractivity contribution in [3.05, 3.63) is 34.3 Å². The van der Waals surface area contributed by atoms with Gasteiger partial charge < -0.3 is 10.6 Å². The molecular formula is C15H19ClN2O. The van der Waals surface area contributed by atoms with Gasteiger partial charge in [0.05, 0.1) is 11.6 Å². The fourth-order valence-electron chi connectivity index (χ4n) is 1.80. The molecule has 1 aromatic rings. The van der Waals surface area contributed by atoms with E-state index in [4.69, 9.17) is 17.3 Å². The summed E-state index contributed by atoms with van der Waals surface area (Å²) in [5.74, 6) is 5.60. The van der Waals surface area contributed by atoms with Crippen molar-refractivity contribution in [3.63, 3.8) is 0 Å². The van der Waals surface area contributed by atoms with Crippen LogP contribution < -0.4 is 5.73 Å². The van der Waals surface area contributed by atoms with Crippen molar-refractivity contribution in [2.45, 2.75) is 26.8 Å². The van der Waals surface area contributed by atoms with Crippen LogP contribution in [0, 0.1) is 11.8 Å². The first-order valence-corrected chi connectivity index (χ1v) is 6.68. The number of nitrogens with two attached hydrogens (primary N) is 1. The maximum absolute atomic E-state index is 12.3. The zero-order chi connectivity index (χ0) is 14.4. The van der Waals surface area contributed by atoms with Crippen LogP contribution >= 0.6 is 11.6 Å². The summed E-state index contributed by atoms with van der Waals surface area (Å²) < 4.78 is 0. The Hall–Kier alpha value is -1.50. The van der Waals surface area contributed by atoms with E-state index < -0.39 is 0 Å². The Morgan fingerprint density at radius 2 is 2.16 bits per heavy atom.